The topological polar surface area (TPSA) is 105 Å². The molecule has 0 aliphatic carbocycles. The Morgan fingerprint density at radius 2 is 1.79 bits per heavy atom. The first-order valence-electron chi connectivity index (χ1n) is 10.8. The molecule has 2 N–H and O–H groups in total. The van der Waals surface area contributed by atoms with E-state index in [0.29, 0.717) is 36.1 Å². The van der Waals surface area contributed by atoms with Crippen LogP contribution >= 0.6 is 0 Å². The number of rotatable bonds is 6. The zero-order valence-electron chi connectivity index (χ0n) is 18.2. The second kappa shape index (κ2) is 9.25. The maximum atomic E-state index is 12.5. The Morgan fingerprint density at radius 1 is 1.03 bits per heavy atom. The molecule has 33 heavy (non-hydrogen) atoms. The largest absolute Gasteiger partial charge is 0.378 e. The highest BCUT2D eigenvalue weighted by atomic mass is 16.5. The third kappa shape index (κ3) is 4.93. The van der Waals surface area contributed by atoms with Crippen molar-refractivity contribution < 1.29 is 14.1 Å². The highest BCUT2D eigenvalue weighted by Crippen LogP contribution is 2.22. The van der Waals surface area contributed by atoms with E-state index in [1.165, 1.54) is 0 Å². The molecule has 0 bridgehead atoms. The van der Waals surface area contributed by atoms with E-state index in [1.807, 2.05) is 61.5 Å². The summed E-state index contributed by atoms with van der Waals surface area (Å²) in [5.41, 5.74) is 3.70. The standard InChI is InChI=1S/C24H24N6O3/c1-16-14-22(30-10-12-32-13-11-30)28-24(25-16)27-18-8-6-17(7-9-18)26-23(31)15-20-19-4-2-3-5-21(19)33-29-20/h2-9,14H,10-13,15H2,1H3,(H,26,31)(H,25,27,28). The van der Waals surface area contributed by atoms with Crippen LogP contribution in [0.1, 0.15) is 11.4 Å². The molecule has 9 nitrogen and oxygen atoms in total. The highest BCUT2D eigenvalue weighted by Gasteiger charge is 2.15. The number of hydrogen-bond acceptors (Lipinski definition) is 8. The Bertz CT molecular complexity index is 1260. The number of carbonyl (C=O) groups excluding carboxylic acids is 1. The fourth-order valence-electron chi connectivity index (χ4n) is 3.75. The Morgan fingerprint density at radius 3 is 2.61 bits per heavy atom. The van der Waals surface area contributed by atoms with Crippen LogP contribution in [-0.4, -0.2) is 47.3 Å². The summed E-state index contributed by atoms with van der Waals surface area (Å²) in [5.74, 6) is 1.26. The van der Waals surface area contributed by atoms with Crippen LogP contribution in [0.25, 0.3) is 11.0 Å². The molecule has 1 aliphatic heterocycles. The van der Waals surface area contributed by atoms with E-state index in [2.05, 4.69) is 30.7 Å². The number of nitrogens with zero attached hydrogens (tertiary/aromatic N) is 4. The first kappa shape index (κ1) is 20.9. The summed E-state index contributed by atoms with van der Waals surface area (Å²) >= 11 is 0. The van der Waals surface area contributed by atoms with Crippen molar-refractivity contribution >= 4 is 40.0 Å². The van der Waals surface area contributed by atoms with Gasteiger partial charge in [-0.25, -0.2) is 4.98 Å². The third-order valence-electron chi connectivity index (χ3n) is 5.38. The van der Waals surface area contributed by atoms with Crippen molar-refractivity contribution in [2.24, 2.45) is 0 Å². The number of anilines is 4. The average molecular weight is 444 g/mol. The van der Waals surface area contributed by atoms with E-state index in [9.17, 15) is 4.79 Å². The van der Waals surface area contributed by atoms with Crippen LogP contribution in [-0.2, 0) is 16.0 Å². The molecule has 4 aromatic rings. The van der Waals surface area contributed by atoms with Gasteiger partial charge in [-0.1, -0.05) is 17.3 Å². The van der Waals surface area contributed by atoms with Gasteiger partial charge in [0, 0.05) is 41.6 Å². The molecule has 0 spiro atoms. The molecule has 1 saturated heterocycles. The minimum atomic E-state index is -0.160. The molecule has 0 saturated carbocycles. The van der Waals surface area contributed by atoms with E-state index in [-0.39, 0.29) is 12.3 Å². The number of carbonyl (C=O) groups is 1. The summed E-state index contributed by atoms with van der Waals surface area (Å²) in [6.45, 7) is 4.98. The lowest BCUT2D eigenvalue weighted by atomic mass is 10.1. The summed E-state index contributed by atoms with van der Waals surface area (Å²) < 4.78 is 10.7. The number of morpholine rings is 1. The molecule has 0 radical (unpaired) electrons. The van der Waals surface area contributed by atoms with E-state index in [1.54, 1.807) is 0 Å². The Labute approximate surface area is 190 Å². The molecule has 2 aromatic carbocycles. The molecule has 5 rings (SSSR count). The van der Waals surface area contributed by atoms with Crippen LogP contribution < -0.4 is 15.5 Å². The van der Waals surface area contributed by atoms with E-state index < -0.39 is 0 Å². The van der Waals surface area contributed by atoms with Crippen molar-refractivity contribution in [3.8, 4) is 0 Å². The Kier molecular flexibility index (Phi) is 5.86. The van der Waals surface area contributed by atoms with Crippen molar-refractivity contribution in [1.82, 2.24) is 15.1 Å². The Hall–Kier alpha value is -3.98. The average Bonchev–Trinajstić information content (AvgIpc) is 3.23. The van der Waals surface area contributed by atoms with Gasteiger partial charge >= 0.3 is 0 Å². The number of ether oxygens (including phenoxy) is 1. The number of benzene rings is 2. The predicted octanol–water partition coefficient (Wildman–Crippen LogP) is 3.69. The number of aromatic nitrogens is 3. The number of para-hydroxylation sites is 1. The van der Waals surface area contributed by atoms with Crippen LogP contribution in [0, 0.1) is 6.92 Å². The summed E-state index contributed by atoms with van der Waals surface area (Å²) in [5, 5.41) is 11.0. The van der Waals surface area contributed by atoms with Gasteiger partial charge in [0.2, 0.25) is 11.9 Å². The van der Waals surface area contributed by atoms with Crippen LogP contribution in [0.15, 0.2) is 59.1 Å². The zero-order chi connectivity index (χ0) is 22.6. The molecule has 168 valence electrons. The molecular weight excluding hydrogens is 420 g/mol. The fraction of sp³-hybridized carbons (Fsp3) is 0.250. The summed E-state index contributed by atoms with van der Waals surface area (Å²) in [6, 6.07) is 16.9. The van der Waals surface area contributed by atoms with E-state index in [4.69, 9.17) is 9.26 Å². The number of amides is 1. The Balaban J connectivity index is 1.22. The predicted molar refractivity (Wildman–Crippen MR) is 126 cm³/mol. The monoisotopic (exact) mass is 444 g/mol. The highest BCUT2D eigenvalue weighted by molar-refractivity contribution is 5.94. The smallest absolute Gasteiger partial charge is 0.230 e. The number of hydrogen-bond donors (Lipinski definition) is 2. The summed E-state index contributed by atoms with van der Waals surface area (Å²) in [4.78, 5) is 23.8. The van der Waals surface area contributed by atoms with Gasteiger partial charge < -0.3 is 24.8 Å². The summed E-state index contributed by atoms with van der Waals surface area (Å²) in [6.07, 6.45) is 0.137. The van der Waals surface area contributed by atoms with Crippen molar-refractivity contribution in [1.29, 1.82) is 0 Å². The van der Waals surface area contributed by atoms with Gasteiger partial charge in [0.25, 0.3) is 0 Å². The van der Waals surface area contributed by atoms with Crippen molar-refractivity contribution in [3.63, 3.8) is 0 Å². The van der Waals surface area contributed by atoms with Crippen LogP contribution in [0.5, 0.6) is 0 Å². The van der Waals surface area contributed by atoms with Gasteiger partial charge in [0.05, 0.1) is 19.6 Å². The molecule has 9 heteroatoms. The van der Waals surface area contributed by atoms with Crippen molar-refractivity contribution in [2.45, 2.75) is 13.3 Å². The zero-order valence-corrected chi connectivity index (χ0v) is 18.2. The number of nitrogens with one attached hydrogen (secondary N) is 2. The minimum Gasteiger partial charge on any atom is -0.378 e. The molecule has 0 unspecified atom stereocenters. The first-order chi connectivity index (χ1) is 16.1. The van der Waals surface area contributed by atoms with Gasteiger partial charge in [-0.05, 0) is 43.3 Å². The number of fused-ring (bicyclic) bond motifs is 1. The van der Waals surface area contributed by atoms with Gasteiger partial charge in [-0.15, -0.1) is 0 Å². The molecule has 1 fully saturated rings. The van der Waals surface area contributed by atoms with Crippen molar-refractivity contribution in [3.05, 3.63) is 66.0 Å². The SMILES string of the molecule is Cc1cc(N2CCOCC2)nc(Nc2ccc(NC(=O)Cc3noc4ccccc34)cc2)n1. The second-order valence-electron chi connectivity index (χ2n) is 7.84. The lowest BCUT2D eigenvalue weighted by Gasteiger charge is -2.28. The minimum absolute atomic E-state index is 0.137. The molecule has 1 amide bonds. The molecule has 3 heterocycles. The lowest BCUT2D eigenvalue weighted by Crippen LogP contribution is -2.36. The first-order valence-corrected chi connectivity index (χ1v) is 10.8. The number of aryl methyl sites for hydroxylation is 1. The van der Waals surface area contributed by atoms with Crippen LogP contribution in [0.2, 0.25) is 0 Å². The van der Waals surface area contributed by atoms with Gasteiger partial charge in [-0.3, -0.25) is 4.79 Å². The third-order valence-corrected chi connectivity index (χ3v) is 5.38. The van der Waals surface area contributed by atoms with Gasteiger partial charge in [-0.2, -0.15) is 4.98 Å². The van der Waals surface area contributed by atoms with E-state index >= 15 is 0 Å². The van der Waals surface area contributed by atoms with Crippen LogP contribution in [0.3, 0.4) is 0 Å². The molecular formula is C24H24N6O3. The van der Waals surface area contributed by atoms with Gasteiger partial charge in [0.15, 0.2) is 5.58 Å². The van der Waals surface area contributed by atoms with Crippen molar-refractivity contribution in [2.75, 3.05) is 41.8 Å². The van der Waals surface area contributed by atoms with Gasteiger partial charge in [0.1, 0.15) is 11.5 Å². The van der Waals surface area contributed by atoms with Crippen LogP contribution in [0.4, 0.5) is 23.1 Å². The lowest BCUT2D eigenvalue weighted by molar-refractivity contribution is -0.115. The molecule has 1 aliphatic rings. The summed E-state index contributed by atoms with van der Waals surface area (Å²) in [7, 11) is 0. The molecule has 2 aromatic heterocycles. The molecule has 0 atom stereocenters. The fourth-order valence-corrected chi connectivity index (χ4v) is 3.75. The second-order valence-corrected chi connectivity index (χ2v) is 7.84. The van der Waals surface area contributed by atoms with E-state index in [0.717, 1.165) is 35.7 Å². The normalized spacial score (nSPS) is 13.8. The maximum absolute atomic E-state index is 12.5. The maximum Gasteiger partial charge on any atom is 0.230 e. The quantitative estimate of drug-likeness (QED) is 0.464.